The van der Waals surface area contributed by atoms with Crippen molar-refractivity contribution in [2.24, 2.45) is 0 Å². The van der Waals surface area contributed by atoms with Gasteiger partial charge in [-0.15, -0.1) is 0 Å². The molecule has 5 nitrogen and oxygen atoms in total. The van der Waals surface area contributed by atoms with Crippen LogP contribution in [0.3, 0.4) is 0 Å². The van der Waals surface area contributed by atoms with E-state index >= 15 is 0 Å². The van der Waals surface area contributed by atoms with Crippen LogP contribution in [0.1, 0.15) is 25.5 Å². The molecule has 0 atom stereocenters. The summed E-state index contributed by atoms with van der Waals surface area (Å²) in [6.07, 6.45) is 0. The first-order valence-electron chi connectivity index (χ1n) is 5.85. The molecule has 0 aliphatic heterocycles. The lowest BCUT2D eigenvalue weighted by atomic mass is 10.2. The van der Waals surface area contributed by atoms with Crippen molar-refractivity contribution in [1.82, 2.24) is 5.16 Å². The summed E-state index contributed by atoms with van der Waals surface area (Å²) < 4.78 is 6.05. The van der Waals surface area contributed by atoms with Crippen molar-refractivity contribution in [3.63, 3.8) is 0 Å². The highest BCUT2D eigenvalue weighted by molar-refractivity contribution is 9.10. The van der Waals surface area contributed by atoms with Crippen LogP contribution in [0.15, 0.2) is 39.3 Å². The van der Waals surface area contributed by atoms with Crippen molar-refractivity contribution in [1.29, 1.82) is 0 Å². The van der Waals surface area contributed by atoms with Crippen LogP contribution < -0.4 is 10.6 Å². The second kappa shape index (κ2) is 5.88. The molecule has 0 radical (unpaired) electrons. The third kappa shape index (κ3) is 3.82. The summed E-state index contributed by atoms with van der Waals surface area (Å²) in [5, 5.41) is 9.10. The molecule has 2 aromatic rings. The molecule has 0 spiro atoms. The maximum Gasteiger partial charge on any atom is 0.324 e. The Morgan fingerprint density at radius 1 is 1.26 bits per heavy atom. The van der Waals surface area contributed by atoms with Crippen LogP contribution >= 0.6 is 15.9 Å². The highest BCUT2D eigenvalue weighted by Gasteiger charge is 2.10. The van der Waals surface area contributed by atoms with Crippen molar-refractivity contribution < 1.29 is 9.32 Å². The van der Waals surface area contributed by atoms with Crippen LogP contribution in [-0.2, 0) is 0 Å². The van der Waals surface area contributed by atoms with E-state index in [1.807, 2.05) is 26.0 Å². The van der Waals surface area contributed by atoms with Crippen LogP contribution in [0.2, 0.25) is 0 Å². The molecule has 0 saturated heterocycles. The van der Waals surface area contributed by atoms with E-state index in [4.69, 9.17) is 4.52 Å². The van der Waals surface area contributed by atoms with Gasteiger partial charge in [-0.2, -0.15) is 0 Å². The van der Waals surface area contributed by atoms with Gasteiger partial charge < -0.3 is 9.84 Å². The zero-order chi connectivity index (χ0) is 13.8. The molecule has 1 aromatic heterocycles. The number of anilines is 2. The molecule has 19 heavy (non-hydrogen) atoms. The molecule has 2 amide bonds. The van der Waals surface area contributed by atoms with E-state index in [-0.39, 0.29) is 11.9 Å². The van der Waals surface area contributed by atoms with Crippen LogP contribution in [0.5, 0.6) is 0 Å². The standard InChI is InChI=1S/C13H14BrN3O2/c1-8(2)11-7-12(17-19-11)16-13(18)15-10-5-3-9(14)4-6-10/h3-8H,1-2H3,(H2,15,16,17,18). The number of rotatable bonds is 3. The summed E-state index contributed by atoms with van der Waals surface area (Å²) in [7, 11) is 0. The molecule has 0 bridgehead atoms. The predicted octanol–water partition coefficient (Wildman–Crippen LogP) is 4.20. The van der Waals surface area contributed by atoms with E-state index in [0.717, 1.165) is 10.2 Å². The fraction of sp³-hybridized carbons (Fsp3) is 0.231. The van der Waals surface area contributed by atoms with Crippen molar-refractivity contribution in [2.45, 2.75) is 19.8 Å². The van der Waals surface area contributed by atoms with Crippen molar-refractivity contribution in [2.75, 3.05) is 10.6 Å². The maximum absolute atomic E-state index is 11.7. The average Bonchev–Trinajstić information content (AvgIpc) is 2.80. The molecule has 0 aliphatic rings. The van der Waals surface area contributed by atoms with E-state index in [9.17, 15) is 4.79 Å². The van der Waals surface area contributed by atoms with Gasteiger partial charge in [-0.05, 0) is 24.3 Å². The SMILES string of the molecule is CC(C)c1cc(NC(=O)Nc2ccc(Br)cc2)no1. The zero-order valence-electron chi connectivity index (χ0n) is 10.6. The van der Waals surface area contributed by atoms with Crippen LogP contribution in [0, 0.1) is 0 Å². The number of carbonyl (C=O) groups is 1. The molecule has 0 fully saturated rings. The summed E-state index contributed by atoms with van der Waals surface area (Å²) in [6, 6.07) is 8.65. The molecule has 2 rings (SSSR count). The molecule has 2 N–H and O–H groups in total. The van der Waals surface area contributed by atoms with Crippen LogP contribution in [0.4, 0.5) is 16.3 Å². The van der Waals surface area contributed by atoms with E-state index in [1.54, 1.807) is 18.2 Å². The van der Waals surface area contributed by atoms with Gasteiger partial charge in [0.25, 0.3) is 0 Å². The Morgan fingerprint density at radius 3 is 2.53 bits per heavy atom. The van der Waals surface area contributed by atoms with Crippen molar-refractivity contribution in [3.05, 3.63) is 40.6 Å². The molecule has 100 valence electrons. The van der Waals surface area contributed by atoms with E-state index in [2.05, 4.69) is 31.7 Å². The number of nitrogens with zero attached hydrogens (tertiary/aromatic N) is 1. The Kier molecular flexibility index (Phi) is 4.21. The maximum atomic E-state index is 11.7. The van der Waals surface area contributed by atoms with Gasteiger partial charge in [0.15, 0.2) is 5.82 Å². The highest BCUT2D eigenvalue weighted by Crippen LogP contribution is 2.18. The van der Waals surface area contributed by atoms with Gasteiger partial charge in [0.05, 0.1) is 0 Å². The predicted molar refractivity (Wildman–Crippen MR) is 77.4 cm³/mol. The lowest BCUT2D eigenvalue weighted by Crippen LogP contribution is -2.19. The Bertz CT molecular complexity index is 564. The number of carbonyl (C=O) groups excluding carboxylic acids is 1. The highest BCUT2D eigenvalue weighted by atomic mass is 79.9. The number of hydrogen-bond donors (Lipinski definition) is 2. The van der Waals surface area contributed by atoms with Gasteiger partial charge >= 0.3 is 6.03 Å². The summed E-state index contributed by atoms with van der Waals surface area (Å²) in [5.41, 5.74) is 0.702. The lowest BCUT2D eigenvalue weighted by molar-refractivity contribution is 0.262. The number of halogens is 1. The van der Waals surface area contributed by atoms with E-state index in [1.165, 1.54) is 0 Å². The minimum Gasteiger partial charge on any atom is -0.359 e. The fourth-order valence-electron chi connectivity index (χ4n) is 1.43. The number of amides is 2. The summed E-state index contributed by atoms with van der Waals surface area (Å²) in [5.74, 6) is 1.37. The first-order valence-corrected chi connectivity index (χ1v) is 6.64. The number of nitrogens with one attached hydrogen (secondary N) is 2. The van der Waals surface area contributed by atoms with Gasteiger partial charge in [-0.1, -0.05) is 34.9 Å². The largest absolute Gasteiger partial charge is 0.359 e. The zero-order valence-corrected chi connectivity index (χ0v) is 12.2. The molecule has 1 heterocycles. The lowest BCUT2D eigenvalue weighted by Gasteiger charge is -2.04. The first kappa shape index (κ1) is 13.6. The molecule has 1 aromatic carbocycles. The second-order valence-electron chi connectivity index (χ2n) is 4.36. The average molecular weight is 324 g/mol. The number of aromatic nitrogens is 1. The molecular weight excluding hydrogens is 310 g/mol. The normalized spacial score (nSPS) is 10.5. The molecule has 6 heteroatoms. The minimum absolute atomic E-state index is 0.234. The van der Waals surface area contributed by atoms with Gasteiger partial charge in [-0.3, -0.25) is 5.32 Å². The molecule has 0 aliphatic carbocycles. The third-order valence-corrected chi connectivity index (χ3v) is 2.97. The topological polar surface area (TPSA) is 67.2 Å². The van der Waals surface area contributed by atoms with Gasteiger partial charge in [0, 0.05) is 22.1 Å². The molecule has 0 unspecified atom stereocenters. The number of urea groups is 1. The number of benzene rings is 1. The summed E-state index contributed by atoms with van der Waals surface area (Å²) in [6.45, 7) is 3.98. The second-order valence-corrected chi connectivity index (χ2v) is 5.27. The Balaban J connectivity index is 1.95. The third-order valence-electron chi connectivity index (χ3n) is 2.44. The Labute approximate surface area is 119 Å². The fourth-order valence-corrected chi connectivity index (χ4v) is 1.70. The quantitative estimate of drug-likeness (QED) is 0.889. The van der Waals surface area contributed by atoms with E-state index < -0.39 is 0 Å². The minimum atomic E-state index is -0.356. The van der Waals surface area contributed by atoms with Gasteiger partial charge in [0.1, 0.15) is 5.76 Å². The van der Waals surface area contributed by atoms with Gasteiger partial charge in [0.2, 0.25) is 0 Å². The summed E-state index contributed by atoms with van der Waals surface area (Å²) in [4.78, 5) is 11.7. The Morgan fingerprint density at radius 2 is 1.95 bits per heavy atom. The Hall–Kier alpha value is -1.82. The van der Waals surface area contributed by atoms with E-state index in [0.29, 0.717) is 11.5 Å². The summed E-state index contributed by atoms with van der Waals surface area (Å²) >= 11 is 3.33. The molecular formula is C13H14BrN3O2. The smallest absolute Gasteiger partial charge is 0.324 e. The molecule has 0 saturated carbocycles. The van der Waals surface area contributed by atoms with Crippen LogP contribution in [-0.4, -0.2) is 11.2 Å². The number of hydrogen-bond acceptors (Lipinski definition) is 3. The van der Waals surface area contributed by atoms with Crippen molar-refractivity contribution in [3.8, 4) is 0 Å². The van der Waals surface area contributed by atoms with Crippen LogP contribution in [0.25, 0.3) is 0 Å². The first-order chi connectivity index (χ1) is 9.04. The monoisotopic (exact) mass is 323 g/mol. The van der Waals surface area contributed by atoms with Gasteiger partial charge in [-0.25, -0.2) is 4.79 Å². The van der Waals surface area contributed by atoms with Crippen molar-refractivity contribution >= 4 is 33.5 Å².